The largest absolute Gasteiger partial charge is 0.377 e. The van der Waals surface area contributed by atoms with Crippen LogP contribution in [0.4, 0.5) is 0 Å². The van der Waals surface area contributed by atoms with Gasteiger partial charge in [0.25, 0.3) is 0 Å². The van der Waals surface area contributed by atoms with Gasteiger partial charge in [0, 0.05) is 6.61 Å². The molecule has 2 rings (SSSR count). The second-order valence-corrected chi connectivity index (χ2v) is 4.14. The molecule has 2 aliphatic heterocycles. The van der Waals surface area contributed by atoms with E-state index < -0.39 is 0 Å². The van der Waals surface area contributed by atoms with E-state index >= 15 is 0 Å². The van der Waals surface area contributed by atoms with Crippen molar-refractivity contribution in [3.63, 3.8) is 0 Å². The van der Waals surface area contributed by atoms with E-state index in [0.29, 0.717) is 6.10 Å². The Morgan fingerprint density at radius 2 is 2.40 bits per heavy atom. The van der Waals surface area contributed by atoms with E-state index in [2.05, 4.69) is 0 Å². The zero-order chi connectivity index (χ0) is 6.81. The molecule has 0 bridgehead atoms. The highest BCUT2D eigenvalue weighted by Crippen LogP contribution is 2.40. The van der Waals surface area contributed by atoms with E-state index in [0.717, 1.165) is 6.61 Å². The van der Waals surface area contributed by atoms with Gasteiger partial charge in [-0.15, -0.1) is 0 Å². The minimum Gasteiger partial charge on any atom is -0.377 e. The summed E-state index contributed by atoms with van der Waals surface area (Å²) in [7, 11) is 0. The molecule has 0 aromatic heterocycles. The van der Waals surface area contributed by atoms with Crippen molar-refractivity contribution in [1.82, 2.24) is 0 Å². The number of hydrogen-bond acceptors (Lipinski definition) is 2. The first-order valence-electron chi connectivity index (χ1n) is 4.07. The quantitative estimate of drug-likeness (QED) is 0.577. The molecule has 2 saturated heterocycles. The molecule has 10 heavy (non-hydrogen) atoms. The van der Waals surface area contributed by atoms with E-state index in [-0.39, 0.29) is 0 Å². The van der Waals surface area contributed by atoms with Crippen LogP contribution in [0.25, 0.3) is 0 Å². The van der Waals surface area contributed by atoms with Gasteiger partial charge in [0.15, 0.2) is 0 Å². The summed E-state index contributed by atoms with van der Waals surface area (Å²) in [4.78, 5) is 0. The summed E-state index contributed by atoms with van der Waals surface area (Å²) in [6, 6.07) is 0. The maximum atomic E-state index is 5.58. The molecular formula is C8H13OS. The molecule has 0 aliphatic carbocycles. The normalized spacial score (nSPS) is 35.4. The van der Waals surface area contributed by atoms with Gasteiger partial charge in [0.1, 0.15) is 0 Å². The van der Waals surface area contributed by atoms with Gasteiger partial charge in [-0.05, 0) is 31.4 Å². The third-order valence-electron chi connectivity index (χ3n) is 2.14. The summed E-state index contributed by atoms with van der Waals surface area (Å²) >= 11 is 2.03. The van der Waals surface area contributed by atoms with Crippen molar-refractivity contribution in [1.29, 1.82) is 0 Å². The fourth-order valence-electron chi connectivity index (χ4n) is 1.61. The molecule has 0 N–H and O–H groups in total. The van der Waals surface area contributed by atoms with E-state index in [1.807, 2.05) is 11.8 Å². The molecule has 57 valence electrons. The zero-order valence-electron chi connectivity index (χ0n) is 6.14. The molecule has 1 unspecified atom stereocenters. The van der Waals surface area contributed by atoms with Crippen LogP contribution in [0.5, 0.6) is 0 Å². The molecule has 0 amide bonds. The van der Waals surface area contributed by atoms with Gasteiger partial charge in [-0.2, -0.15) is 11.8 Å². The van der Waals surface area contributed by atoms with Gasteiger partial charge in [-0.3, -0.25) is 0 Å². The molecule has 0 spiro atoms. The molecule has 1 radical (unpaired) electrons. The fourth-order valence-corrected chi connectivity index (χ4v) is 2.82. The third-order valence-corrected chi connectivity index (χ3v) is 3.47. The number of ether oxygens (including phenoxy) is 1. The Labute approximate surface area is 66.5 Å². The highest BCUT2D eigenvalue weighted by atomic mass is 32.2. The van der Waals surface area contributed by atoms with Crippen molar-refractivity contribution in [2.24, 2.45) is 0 Å². The number of thioether (sulfide) groups is 1. The van der Waals surface area contributed by atoms with Crippen LogP contribution in [-0.4, -0.2) is 18.5 Å². The average molecular weight is 157 g/mol. The Morgan fingerprint density at radius 3 is 3.00 bits per heavy atom. The number of rotatable bonds is 1. The van der Waals surface area contributed by atoms with Crippen LogP contribution in [0.2, 0.25) is 0 Å². The maximum absolute atomic E-state index is 5.58. The van der Waals surface area contributed by atoms with E-state index in [1.54, 1.807) is 5.25 Å². The van der Waals surface area contributed by atoms with Crippen LogP contribution >= 0.6 is 11.8 Å². The lowest BCUT2D eigenvalue weighted by molar-refractivity contribution is 0.128. The number of hydrogen-bond donors (Lipinski definition) is 0. The standard InChI is InChI=1S/C8H13OS/c1-3-7(9-5-1)8-4-2-6-10-8/h7H,1-6H2. The van der Waals surface area contributed by atoms with E-state index in [4.69, 9.17) is 4.74 Å². The fraction of sp³-hybridized carbons (Fsp3) is 0.875. The second-order valence-electron chi connectivity index (χ2n) is 2.92. The first-order valence-corrected chi connectivity index (χ1v) is 5.05. The lowest BCUT2D eigenvalue weighted by Gasteiger charge is -2.14. The molecule has 1 nitrogen and oxygen atoms in total. The minimum atomic E-state index is 0.535. The highest BCUT2D eigenvalue weighted by Gasteiger charge is 2.29. The molecule has 2 aliphatic rings. The van der Waals surface area contributed by atoms with Crippen molar-refractivity contribution >= 4 is 11.8 Å². The predicted octanol–water partition coefficient (Wildman–Crippen LogP) is 2.22. The Bertz CT molecular complexity index is 89.8. The van der Waals surface area contributed by atoms with E-state index in [1.165, 1.54) is 31.4 Å². The molecule has 2 fully saturated rings. The Hall–Kier alpha value is 0.310. The Kier molecular flexibility index (Phi) is 2.19. The molecule has 0 aromatic rings. The molecule has 0 aromatic carbocycles. The predicted molar refractivity (Wildman–Crippen MR) is 43.9 cm³/mol. The Morgan fingerprint density at radius 1 is 1.40 bits per heavy atom. The third kappa shape index (κ3) is 1.32. The van der Waals surface area contributed by atoms with E-state index in [9.17, 15) is 0 Å². The summed E-state index contributed by atoms with van der Waals surface area (Å²) in [5.41, 5.74) is 0. The van der Waals surface area contributed by atoms with Crippen LogP contribution in [-0.2, 0) is 4.74 Å². The van der Waals surface area contributed by atoms with Gasteiger partial charge in [0.2, 0.25) is 0 Å². The molecule has 1 atom stereocenters. The lowest BCUT2D eigenvalue weighted by Crippen LogP contribution is -2.11. The second kappa shape index (κ2) is 3.14. The smallest absolute Gasteiger partial charge is 0.0737 e. The molecule has 0 saturated carbocycles. The summed E-state index contributed by atoms with van der Waals surface area (Å²) < 4.78 is 5.58. The van der Waals surface area contributed by atoms with Crippen LogP contribution in [0.15, 0.2) is 0 Å². The maximum Gasteiger partial charge on any atom is 0.0737 e. The van der Waals surface area contributed by atoms with Crippen molar-refractivity contribution in [2.45, 2.75) is 31.8 Å². The summed E-state index contributed by atoms with van der Waals surface area (Å²) in [6.07, 6.45) is 5.78. The van der Waals surface area contributed by atoms with Gasteiger partial charge in [-0.25, -0.2) is 0 Å². The molecular weight excluding hydrogens is 144 g/mol. The SMILES string of the molecule is C1CS[C](C2CCCO2)C1. The summed E-state index contributed by atoms with van der Waals surface area (Å²) in [5, 5.41) is 1.62. The van der Waals surface area contributed by atoms with Crippen LogP contribution in [0.3, 0.4) is 0 Å². The van der Waals surface area contributed by atoms with Gasteiger partial charge in [0.05, 0.1) is 11.4 Å². The minimum absolute atomic E-state index is 0.535. The summed E-state index contributed by atoms with van der Waals surface area (Å²) in [6.45, 7) is 0.995. The van der Waals surface area contributed by atoms with Crippen LogP contribution in [0, 0.1) is 5.25 Å². The molecule has 2 heteroatoms. The zero-order valence-corrected chi connectivity index (χ0v) is 6.95. The van der Waals surface area contributed by atoms with Gasteiger partial charge >= 0.3 is 0 Å². The Balaban J connectivity index is 1.85. The monoisotopic (exact) mass is 157 g/mol. The van der Waals surface area contributed by atoms with Crippen molar-refractivity contribution < 1.29 is 4.74 Å². The van der Waals surface area contributed by atoms with Crippen molar-refractivity contribution in [3.8, 4) is 0 Å². The lowest BCUT2D eigenvalue weighted by atomic mass is 10.1. The average Bonchev–Trinajstić information content (AvgIpc) is 2.59. The highest BCUT2D eigenvalue weighted by molar-refractivity contribution is 8.02. The van der Waals surface area contributed by atoms with Crippen LogP contribution in [0.1, 0.15) is 25.7 Å². The van der Waals surface area contributed by atoms with Crippen LogP contribution < -0.4 is 0 Å². The first-order chi connectivity index (χ1) is 4.97. The summed E-state index contributed by atoms with van der Waals surface area (Å²) in [5.74, 6) is 1.33. The van der Waals surface area contributed by atoms with Gasteiger partial charge in [-0.1, -0.05) is 0 Å². The first kappa shape index (κ1) is 6.99. The topological polar surface area (TPSA) is 9.23 Å². The molecule has 2 heterocycles. The van der Waals surface area contributed by atoms with Crippen molar-refractivity contribution in [2.75, 3.05) is 12.4 Å². The van der Waals surface area contributed by atoms with Gasteiger partial charge < -0.3 is 4.74 Å². The van der Waals surface area contributed by atoms with Crippen molar-refractivity contribution in [3.05, 3.63) is 5.25 Å².